The van der Waals surface area contributed by atoms with Crippen LogP contribution in [-0.4, -0.2) is 45.0 Å². The number of tetrazole rings is 1. The van der Waals surface area contributed by atoms with Crippen LogP contribution in [-0.2, 0) is 4.79 Å². The molecule has 0 N–H and O–H groups in total. The smallest absolute Gasteiger partial charge is 0.192 e. The van der Waals surface area contributed by atoms with Gasteiger partial charge >= 0.3 is 0 Å². The van der Waals surface area contributed by atoms with Crippen LogP contribution in [0.25, 0.3) is 11.3 Å². The fourth-order valence-electron chi connectivity index (χ4n) is 3.29. The summed E-state index contributed by atoms with van der Waals surface area (Å²) in [5.74, 6) is 0.729. The number of aromatic nitrogens is 4. The summed E-state index contributed by atoms with van der Waals surface area (Å²) < 4.78 is 1.65. The molecule has 1 saturated carbocycles. The van der Waals surface area contributed by atoms with Gasteiger partial charge in [0.2, 0.25) is 0 Å². The van der Waals surface area contributed by atoms with Gasteiger partial charge in [-0.05, 0) is 42.3 Å². The van der Waals surface area contributed by atoms with Crippen molar-refractivity contribution < 1.29 is 4.79 Å². The van der Waals surface area contributed by atoms with E-state index in [1.165, 1.54) is 12.0 Å². The van der Waals surface area contributed by atoms with E-state index in [0.29, 0.717) is 11.4 Å². The number of carbonyl (C=O) groups is 1. The Hall–Kier alpha value is -2.50. The number of ketones is 1. The lowest BCUT2D eigenvalue weighted by atomic mass is 9.83. The van der Waals surface area contributed by atoms with Crippen molar-refractivity contribution in [3.05, 3.63) is 41.9 Å². The minimum absolute atomic E-state index is 0.0723. The predicted molar refractivity (Wildman–Crippen MR) is 97.1 cm³/mol. The standard InChI is InChI=1S/C19H25N5O/c1-14-9-11-16(12-10-14)24-19(20-21-22-24)17(13-23(2)3)18(25)15-7-5-4-6-8-15/h9-13,15H,4-8H2,1-3H3. The molecule has 1 fully saturated rings. The second-order valence-corrected chi connectivity index (χ2v) is 6.96. The molecule has 0 aliphatic heterocycles. The first-order valence-electron chi connectivity index (χ1n) is 8.84. The van der Waals surface area contributed by atoms with E-state index in [2.05, 4.69) is 15.5 Å². The number of Topliss-reactive ketones (excluding diaryl/α,β-unsaturated/α-hetero) is 1. The second-order valence-electron chi connectivity index (χ2n) is 6.96. The zero-order valence-electron chi connectivity index (χ0n) is 15.1. The quantitative estimate of drug-likeness (QED) is 0.784. The van der Waals surface area contributed by atoms with Crippen LogP contribution < -0.4 is 0 Å². The first kappa shape index (κ1) is 17.3. The summed E-state index contributed by atoms with van der Waals surface area (Å²) in [5, 5.41) is 12.1. The third kappa shape index (κ3) is 3.95. The van der Waals surface area contributed by atoms with Gasteiger partial charge in [-0.3, -0.25) is 4.79 Å². The molecular formula is C19H25N5O. The monoisotopic (exact) mass is 339 g/mol. The average molecular weight is 339 g/mol. The highest BCUT2D eigenvalue weighted by Gasteiger charge is 2.28. The number of hydrogen-bond acceptors (Lipinski definition) is 5. The van der Waals surface area contributed by atoms with Crippen LogP contribution in [0, 0.1) is 12.8 Å². The molecule has 0 bridgehead atoms. The Balaban J connectivity index is 1.99. The fourth-order valence-corrected chi connectivity index (χ4v) is 3.29. The van der Waals surface area contributed by atoms with Crippen LogP contribution in [0.2, 0.25) is 0 Å². The van der Waals surface area contributed by atoms with E-state index in [1.807, 2.05) is 56.4 Å². The van der Waals surface area contributed by atoms with Gasteiger partial charge in [0.25, 0.3) is 0 Å². The van der Waals surface area contributed by atoms with Crippen LogP contribution in [0.3, 0.4) is 0 Å². The third-order valence-corrected chi connectivity index (χ3v) is 4.62. The van der Waals surface area contributed by atoms with Crippen LogP contribution in [0.1, 0.15) is 43.5 Å². The van der Waals surface area contributed by atoms with E-state index in [0.717, 1.165) is 31.4 Å². The summed E-state index contributed by atoms with van der Waals surface area (Å²) in [6.45, 7) is 2.04. The zero-order chi connectivity index (χ0) is 17.8. The molecule has 25 heavy (non-hydrogen) atoms. The lowest BCUT2D eigenvalue weighted by Crippen LogP contribution is -2.22. The molecule has 0 atom stereocenters. The molecule has 0 saturated heterocycles. The minimum Gasteiger partial charge on any atom is -0.383 e. The van der Waals surface area contributed by atoms with Gasteiger partial charge in [-0.1, -0.05) is 37.0 Å². The molecule has 2 aromatic rings. The van der Waals surface area contributed by atoms with E-state index < -0.39 is 0 Å². The summed E-state index contributed by atoms with van der Waals surface area (Å²) in [7, 11) is 3.82. The van der Waals surface area contributed by atoms with Crippen molar-refractivity contribution in [3.63, 3.8) is 0 Å². The Morgan fingerprint density at radius 3 is 2.48 bits per heavy atom. The first-order valence-corrected chi connectivity index (χ1v) is 8.84. The maximum Gasteiger partial charge on any atom is 0.192 e. The molecule has 1 aliphatic rings. The highest BCUT2D eigenvalue weighted by molar-refractivity contribution is 6.20. The number of allylic oxidation sites excluding steroid dienone is 1. The van der Waals surface area contributed by atoms with Crippen molar-refractivity contribution in [1.29, 1.82) is 0 Å². The largest absolute Gasteiger partial charge is 0.383 e. The Morgan fingerprint density at radius 2 is 1.84 bits per heavy atom. The molecule has 6 nitrogen and oxygen atoms in total. The van der Waals surface area contributed by atoms with Crippen molar-refractivity contribution in [2.75, 3.05) is 14.1 Å². The summed E-state index contributed by atoms with van der Waals surface area (Å²) >= 11 is 0. The maximum atomic E-state index is 13.2. The fraction of sp³-hybridized carbons (Fsp3) is 0.474. The molecule has 1 aromatic carbocycles. The molecule has 0 radical (unpaired) electrons. The Morgan fingerprint density at radius 1 is 1.16 bits per heavy atom. The SMILES string of the molecule is Cc1ccc(-n2nnnc2C(=CN(C)C)C(=O)C2CCCCC2)cc1. The predicted octanol–water partition coefficient (Wildman–Crippen LogP) is 3.02. The molecule has 3 rings (SSSR count). The van der Waals surface area contributed by atoms with Crippen molar-refractivity contribution in [2.45, 2.75) is 39.0 Å². The molecular weight excluding hydrogens is 314 g/mol. The highest BCUT2D eigenvalue weighted by Crippen LogP contribution is 2.29. The van der Waals surface area contributed by atoms with E-state index in [9.17, 15) is 4.79 Å². The van der Waals surface area contributed by atoms with Gasteiger partial charge in [0.15, 0.2) is 11.6 Å². The lowest BCUT2D eigenvalue weighted by molar-refractivity contribution is -0.118. The summed E-state index contributed by atoms with van der Waals surface area (Å²) in [5.41, 5.74) is 2.61. The Bertz CT molecular complexity index is 754. The maximum absolute atomic E-state index is 13.2. The van der Waals surface area contributed by atoms with Crippen molar-refractivity contribution >= 4 is 11.4 Å². The molecule has 0 amide bonds. The van der Waals surface area contributed by atoms with Crippen LogP contribution in [0.15, 0.2) is 30.5 Å². The van der Waals surface area contributed by atoms with Crippen molar-refractivity contribution in [2.24, 2.45) is 5.92 Å². The molecule has 1 aromatic heterocycles. The number of carbonyl (C=O) groups excluding carboxylic acids is 1. The molecule has 0 unspecified atom stereocenters. The van der Waals surface area contributed by atoms with Gasteiger partial charge in [-0.2, -0.15) is 4.68 Å². The number of benzene rings is 1. The topological polar surface area (TPSA) is 63.9 Å². The minimum atomic E-state index is 0.0723. The number of hydrogen-bond donors (Lipinski definition) is 0. The van der Waals surface area contributed by atoms with Crippen LogP contribution >= 0.6 is 0 Å². The van der Waals surface area contributed by atoms with Crippen molar-refractivity contribution in [1.82, 2.24) is 25.1 Å². The zero-order valence-corrected chi connectivity index (χ0v) is 15.1. The molecule has 132 valence electrons. The van der Waals surface area contributed by atoms with Gasteiger partial charge in [0.05, 0.1) is 11.3 Å². The first-order chi connectivity index (χ1) is 12.1. The number of nitrogens with zero attached hydrogens (tertiary/aromatic N) is 5. The van der Waals surface area contributed by atoms with E-state index in [-0.39, 0.29) is 11.7 Å². The second kappa shape index (κ2) is 7.59. The highest BCUT2D eigenvalue weighted by atomic mass is 16.1. The molecule has 1 heterocycles. The van der Waals surface area contributed by atoms with E-state index in [4.69, 9.17) is 0 Å². The van der Waals surface area contributed by atoms with Crippen molar-refractivity contribution in [3.8, 4) is 5.69 Å². The van der Waals surface area contributed by atoms with Gasteiger partial charge in [0, 0.05) is 26.2 Å². The lowest BCUT2D eigenvalue weighted by Gasteiger charge is -2.22. The number of rotatable bonds is 5. The summed E-state index contributed by atoms with van der Waals surface area (Å²) in [4.78, 5) is 15.0. The van der Waals surface area contributed by atoms with Crippen LogP contribution in [0.4, 0.5) is 0 Å². The van der Waals surface area contributed by atoms with E-state index >= 15 is 0 Å². The van der Waals surface area contributed by atoms with Crippen LogP contribution in [0.5, 0.6) is 0 Å². The Kier molecular flexibility index (Phi) is 5.26. The van der Waals surface area contributed by atoms with Gasteiger partial charge < -0.3 is 4.90 Å². The summed E-state index contributed by atoms with van der Waals surface area (Å²) in [6.07, 6.45) is 7.21. The average Bonchev–Trinajstić information content (AvgIpc) is 3.10. The normalized spacial score (nSPS) is 16.0. The number of aryl methyl sites for hydroxylation is 1. The Labute approximate surface area is 148 Å². The molecule has 0 spiro atoms. The van der Waals surface area contributed by atoms with Gasteiger partial charge in [0.1, 0.15) is 0 Å². The van der Waals surface area contributed by atoms with Gasteiger partial charge in [-0.25, -0.2) is 0 Å². The molecule has 1 aliphatic carbocycles. The van der Waals surface area contributed by atoms with Gasteiger partial charge in [-0.15, -0.1) is 5.10 Å². The third-order valence-electron chi connectivity index (χ3n) is 4.62. The van der Waals surface area contributed by atoms with E-state index in [1.54, 1.807) is 4.68 Å². The summed E-state index contributed by atoms with van der Waals surface area (Å²) in [6, 6.07) is 7.96. The molecule has 6 heteroatoms.